The summed E-state index contributed by atoms with van der Waals surface area (Å²) >= 11 is 0. The van der Waals surface area contributed by atoms with E-state index < -0.39 is 10.0 Å². The molecule has 1 saturated carbocycles. The first-order valence-electron chi connectivity index (χ1n) is 9.44. The van der Waals surface area contributed by atoms with Crippen LogP contribution in [-0.2, 0) is 10.0 Å². The molecule has 0 atom stereocenters. The number of sulfonamides is 1. The molecule has 0 spiro atoms. The second-order valence-corrected chi connectivity index (χ2v) is 8.89. The molecular weight excluding hydrogens is 390 g/mol. The van der Waals surface area contributed by atoms with Crippen LogP contribution >= 0.6 is 0 Å². The van der Waals surface area contributed by atoms with Gasteiger partial charge in [0.2, 0.25) is 16.0 Å². The molecule has 0 aliphatic heterocycles. The lowest BCUT2D eigenvalue weighted by Gasteiger charge is -2.14. The minimum absolute atomic E-state index is 0.414. The summed E-state index contributed by atoms with van der Waals surface area (Å²) < 4.78 is 31.4. The second-order valence-electron chi connectivity index (χ2n) is 7.14. The third-order valence-corrected chi connectivity index (χ3v) is 5.35. The minimum atomic E-state index is -3.43. The lowest BCUT2D eigenvalue weighted by molar-refractivity contribution is 0.417. The van der Waals surface area contributed by atoms with Crippen LogP contribution in [0, 0.1) is 0 Å². The Hall–Kier alpha value is -2.94. The molecule has 1 fully saturated rings. The summed E-state index contributed by atoms with van der Waals surface area (Å²) in [6, 6.07) is 5.64. The highest BCUT2D eigenvalue weighted by Crippen LogP contribution is 2.45. The molecule has 2 heterocycles. The molecule has 2 N–H and O–H groups in total. The standard InChI is InChI=1S/C20H23N5O3S/c1-4-21-20-22-10-13(11-23-20)16-7-14(12-5-6-12)15-8-18(25-29(3,26)27)19(28-2)9-17(15)24-16/h7-12,25H,4-6H2,1-3H3,(H,21,22,23). The molecule has 9 heteroatoms. The van der Waals surface area contributed by atoms with Gasteiger partial charge in [-0.1, -0.05) is 0 Å². The van der Waals surface area contributed by atoms with E-state index in [0.29, 0.717) is 23.3 Å². The summed E-state index contributed by atoms with van der Waals surface area (Å²) in [7, 11) is -1.92. The molecule has 3 aromatic rings. The second kappa shape index (κ2) is 7.47. The molecule has 0 bridgehead atoms. The van der Waals surface area contributed by atoms with Crippen molar-refractivity contribution in [1.82, 2.24) is 15.0 Å². The summed E-state index contributed by atoms with van der Waals surface area (Å²) in [5.74, 6) is 1.45. The molecule has 0 unspecified atom stereocenters. The van der Waals surface area contributed by atoms with Crippen molar-refractivity contribution in [2.75, 3.05) is 29.9 Å². The van der Waals surface area contributed by atoms with E-state index in [-0.39, 0.29) is 0 Å². The number of benzene rings is 1. The Morgan fingerprint density at radius 3 is 2.48 bits per heavy atom. The van der Waals surface area contributed by atoms with Gasteiger partial charge in [-0.2, -0.15) is 0 Å². The van der Waals surface area contributed by atoms with Gasteiger partial charge in [-0.15, -0.1) is 0 Å². The molecule has 2 aromatic heterocycles. The molecule has 152 valence electrons. The van der Waals surface area contributed by atoms with Gasteiger partial charge in [0.1, 0.15) is 5.75 Å². The van der Waals surface area contributed by atoms with E-state index in [2.05, 4.69) is 26.1 Å². The fraction of sp³-hybridized carbons (Fsp3) is 0.350. The van der Waals surface area contributed by atoms with Crippen molar-refractivity contribution in [2.24, 2.45) is 0 Å². The van der Waals surface area contributed by atoms with Crippen LogP contribution in [0.3, 0.4) is 0 Å². The first-order chi connectivity index (χ1) is 13.9. The smallest absolute Gasteiger partial charge is 0.229 e. The molecule has 0 saturated heterocycles. The Balaban J connectivity index is 1.85. The largest absolute Gasteiger partial charge is 0.494 e. The maximum atomic E-state index is 11.7. The van der Waals surface area contributed by atoms with Crippen LogP contribution in [0.2, 0.25) is 0 Å². The number of anilines is 2. The minimum Gasteiger partial charge on any atom is -0.494 e. The van der Waals surface area contributed by atoms with Gasteiger partial charge < -0.3 is 10.1 Å². The topological polar surface area (TPSA) is 106 Å². The normalized spacial score (nSPS) is 14.0. The molecule has 29 heavy (non-hydrogen) atoms. The third kappa shape index (κ3) is 4.24. The molecular formula is C20H23N5O3S. The summed E-state index contributed by atoms with van der Waals surface area (Å²) in [6.45, 7) is 2.74. The Bertz CT molecular complexity index is 1160. The number of hydrogen-bond acceptors (Lipinski definition) is 7. The number of aromatic nitrogens is 3. The van der Waals surface area contributed by atoms with E-state index in [1.807, 2.05) is 13.0 Å². The third-order valence-electron chi connectivity index (χ3n) is 4.76. The maximum absolute atomic E-state index is 11.7. The van der Waals surface area contributed by atoms with Crippen molar-refractivity contribution in [1.29, 1.82) is 0 Å². The number of fused-ring (bicyclic) bond motifs is 1. The van der Waals surface area contributed by atoms with E-state index >= 15 is 0 Å². The molecule has 4 rings (SSSR count). The number of nitrogens with zero attached hydrogens (tertiary/aromatic N) is 3. The summed E-state index contributed by atoms with van der Waals surface area (Å²) in [4.78, 5) is 13.5. The van der Waals surface area contributed by atoms with Crippen molar-refractivity contribution in [3.05, 3.63) is 36.2 Å². The number of ether oxygens (including phenoxy) is 1. The molecule has 8 nitrogen and oxygen atoms in total. The Morgan fingerprint density at radius 1 is 1.17 bits per heavy atom. The van der Waals surface area contributed by atoms with E-state index in [1.165, 1.54) is 7.11 Å². The monoisotopic (exact) mass is 413 g/mol. The SMILES string of the molecule is CCNc1ncc(-c2cc(C3CC3)c3cc(NS(C)(=O)=O)c(OC)cc3n2)cn1. The predicted molar refractivity (Wildman–Crippen MR) is 114 cm³/mol. The van der Waals surface area contributed by atoms with Gasteiger partial charge in [-0.3, -0.25) is 4.72 Å². The molecule has 1 aliphatic carbocycles. The first kappa shape index (κ1) is 19.4. The number of nitrogens with one attached hydrogen (secondary N) is 2. The van der Waals surface area contributed by atoms with Gasteiger partial charge in [0.05, 0.1) is 30.3 Å². The lowest BCUT2D eigenvalue weighted by atomic mass is 10.0. The summed E-state index contributed by atoms with van der Waals surface area (Å²) in [5.41, 5.74) is 3.93. The van der Waals surface area contributed by atoms with Gasteiger partial charge in [0.25, 0.3) is 0 Å². The van der Waals surface area contributed by atoms with Gasteiger partial charge in [0, 0.05) is 36.0 Å². The van der Waals surface area contributed by atoms with E-state index in [1.54, 1.807) is 18.5 Å². The van der Waals surface area contributed by atoms with Crippen molar-refractivity contribution in [3.63, 3.8) is 0 Å². The first-order valence-corrected chi connectivity index (χ1v) is 11.3. The molecule has 1 aliphatic rings. The highest BCUT2D eigenvalue weighted by Gasteiger charge is 2.27. The molecule has 0 amide bonds. The Morgan fingerprint density at radius 2 is 1.90 bits per heavy atom. The van der Waals surface area contributed by atoms with Crippen LogP contribution in [-0.4, -0.2) is 43.3 Å². The van der Waals surface area contributed by atoms with Crippen LogP contribution in [0.5, 0.6) is 5.75 Å². The van der Waals surface area contributed by atoms with Gasteiger partial charge in [-0.05, 0) is 43.4 Å². The van der Waals surface area contributed by atoms with Gasteiger partial charge >= 0.3 is 0 Å². The zero-order valence-electron chi connectivity index (χ0n) is 16.6. The van der Waals surface area contributed by atoms with Crippen molar-refractivity contribution in [3.8, 4) is 17.0 Å². The van der Waals surface area contributed by atoms with Crippen LogP contribution < -0.4 is 14.8 Å². The van der Waals surface area contributed by atoms with Crippen molar-refractivity contribution < 1.29 is 13.2 Å². The molecule has 1 aromatic carbocycles. The summed E-state index contributed by atoms with van der Waals surface area (Å²) in [5, 5.41) is 4.00. The van der Waals surface area contributed by atoms with Crippen LogP contribution in [0.25, 0.3) is 22.2 Å². The fourth-order valence-corrected chi connectivity index (χ4v) is 3.88. The fourth-order valence-electron chi connectivity index (χ4n) is 3.32. The highest BCUT2D eigenvalue weighted by atomic mass is 32.2. The predicted octanol–water partition coefficient (Wildman–Crippen LogP) is 3.38. The average Bonchev–Trinajstić information content (AvgIpc) is 3.51. The van der Waals surface area contributed by atoms with E-state index in [4.69, 9.17) is 9.72 Å². The van der Waals surface area contributed by atoms with Crippen LogP contribution in [0.15, 0.2) is 30.6 Å². The zero-order valence-corrected chi connectivity index (χ0v) is 17.4. The number of methoxy groups -OCH3 is 1. The molecule has 0 radical (unpaired) electrons. The maximum Gasteiger partial charge on any atom is 0.229 e. The Labute approximate surface area is 169 Å². The van der Waals surface area contributed by atoms with Crippen molar-refractivity contribution >= 4 is 32.6 Å². The van der Waals surface area contributed by atoms with Gasteiger partial charge in [0.15, 0.2) is 0 Å². The quantitative estimate of drug-likeness (QED) is 0.611. The Kier molecular flexibility index (Phi) is 4.99. The van der Waals surface area contributed by atoms with Crippen LogP contribution in [0.4, 0.5) is 11.6 Å². The summed E-state index contributed by atoms with van der Waals surface area (Å²) in [6.07, 6.45) is 6.85. The van der Waals surface area contributed by atoms with E-state index in [9.17, 15) is 8.42 Å². The van der Waals surface area contributed by atoms with E-state index in [0.717, 1.165) is 53.4 Å². The number of pyridine rings is 1. The van der Waals surface area contributed by atoms with Crippen LogP contribution in [0.1, 0.15) is 31.2 Å². The number of rotatable bonds is 7. The van der Waals surface area contributed by atoms with Crippen molar-refractivity contribution in [2.45, 2.75) is 25.7 Å². The zero-order chi connectivity index (χ0) is 20.6. The lowest BCUT2D eigenvalue weighted by Crippen LogP contribution is -2.10. The number of hydrogen-bond donors (Lipinski definition) is 2. The average molecular weight is 414 g/mol. The van der Waals surface area contributed by atoms with Gasteiger partial charge in [-0.25, -0.2) is 23.4 Å². The highest BCUT2D eigenvalue weighted by molar-refractivity contribution is 7.92.